The Hall–Kier alpha value is -2.70. The molecule has 0 atom stereocenters. The molecule has 1 aliphatic carbocycles. The standard InChI is InChI=1S/C22H29FN4O2/c1-3-4-14-24-21(29)22(12-8-5-9-13-22)26-20(28)17-15-25-27(16(17)2)19-11-7-6-10-18(19)23/h6-7,10-11,15H,3-5,8-9,12-14H2,1-2H3,(H,24,29)(H,26,28). The highest BCUT2D eigenvalue weighted by atomic mass is 19.1. The van der Waals surface area contributed by atoms with Crippen molar-refractivity contribution in [2.45, 2.75) is 64.3 Å². The van der Waals surface area contributed by atoms with Crippen molar-refractivity contribution in [3.63, 3.8) is 0 Å². The highest BCUT2D eigenvalue weighted by Crippen LogP contribution is 2.29. The van der Waals surface area contributed by atoms with E-state index < -0.39 is 11.4 Å². The molecule has 0 aliphatic heterocycles. The van der Waals surface area contributed by atoms with E-state index in [-0.39, 0.29) is 17.5 Å². The average Bonchev–Trinajstić information content (AvgIpc) is 3.10. The van der Waals surface area contributed by atoms with E-state index in [9.17, 15) is 14.0 Å². The van der Waals surface area contributed by atoms with Gasteiger partial charge in [0.2, 0.25) is 5.91 Å². The lowest BCUT2D eigenvalue weighted by molar-refractivity contribution is -0.128. The van der Waals surface area contributed by atoms with Crippen LogP contribution in [0.3, 0.4) is 0 Å². The average molecular weight is 400 g/mol. The van der Waals surface area contributed by atoms with Crippen LogP contribution in [0.4, 0.5) is 4.39 Å². The van der Waals surface area contributed by atoms with Crippen molar-refractivity contribution >= 4 is 11.8 Å². The number of halogens is 1. The van der Waals surface area contributed by atoms with Crippen molar-refractivity contribution < 1.29 is 14.0 Å². The van der Waals surface area contributed by atoms with Crippen LogP contribution in [0.5, 0.6) is 0 Å². The lowest BCUT2D eigenvalue weighted by Crippen LogP contribution is -2.59. The minimum Gasteiger partial charge on any atom is -0.354 e. The number of unbranched alkanes of at least 4 members (excludes halogenated alkanes) is 1. The van der Waals surface area contributed by atoms with E-state index in [4.69, 9.17) is 0 Å². The molecular formula is C22H29FN4O2. The van der Waals surface area contributed by atoms with Gasteiger partial charge in [0, 0.05) is 6.54 Å². The van der Waals surface area contributed by atoms with E-state index in [1.165, 1.54) is 16.9 Å². The predicted molar refractivity (Wildman–Crippen MR) is 109 cm³/mol. The van der Waals surface area contributed by atoms with Gasteiger partial charge >= 0.3 is 0 Å². The third kappa shape index (κ3) is 4.49. The van der Waals surface area contributed by atoms with Crippen LogP contribution in [0.1, 0.15) is 67.9 Å². The molecule has 2 amide bonds. The van der Waals surface area contributed by atoms with Gasteiger partial charge in [-0.3, -0.25) is 9.59 Å². The smallest absolute Gasteiger partial charge is 0.255 e. The Morgan fingerprint density at radius 1 is 1.21 bits per heavy atom. The summed E-state index contributed by atoms with van der Waals surface area (Å²) in [7, 11) is 0. The van der Waals surface area contributed by atoms with Crippen LogP contribution in [0.15, 0.2) is 30.5 Å². The highest BCUT2D eigenvalue weighted by molar-refractivity contribution is 6.00. The third-order valence-electron chi connectivity index (χ3n) is 5.65. The molecule has 156 valence electrons. The third-order valence-corrected chi connectivity index (χ3v) is 5.65. The van der Waals surface area contributed by atoms with Gasteiger partial charge in [-0.1, -0.05) is 44.7 Å². The lowest BCUT2D eigenvalue weighted by atomic mass is 9.80. The molecule has 0 bridgehead atoms. The molecule has 0 spiro atoms. The first kappa shape index (κ1) is 21.0. The first-order chi connectivity index (χ1) is 14.0. The molecular weight excluding hydrogens is 371 g/mol. The maximum absolute atomic E-state index is 14.1. The topological polar surface area (TPSA) is 76.0 Å². The van der Waals surface area contributed by atoms with Crippen LogP contribution in [0.2, 0.25) is 0 Å². The van der Waals surface area contributed by atoms with E-state index in [1.54, 1.807) is 25.1 Å². The quantitative estimate of drug-likeness (QED) is 0.697. The highest BCUT2D eigenvalue weighted by Gasteiger charge is 2.41. The van der Waals surface area contributed by atoms with E-state index >= 15 is 0 Å². The molecule has 29 heavy (non-hydrogen) atoms. The Morgan fingerprint density at radius 3 is 2.62 bits per heavy atom. The van der Waals surface area contributed by atoms with Gasteiger partial charge in [-0.2, -0.15) is 5.10 Å². The van der Waals surface area contributed by atoms with Crippen molar-refractivity contribution in [2.75, 3.05) is 6.54 Å². The fourth-order valence-electron chi connectivity index (χ4n) is 3.90. The number of para-hydroxylation sites is 1. The summed E-state index contributed by atoms with van der Waals surface area (Å²) in [4.78, 5) is 26.0. The Balaban J connectivity index is 1.82. The van der Waals surface area contributed by atoms with Crippen molar-refractivity contribution in [2.24, 2.45) is 0 Å². The number of aromatic nitrogens is 2. The number of rotatable bonds is 7. The summed E-state index contributed by atoms with van der Waals surface area (Å²) < 4.78 is 15.6. The Kier molecular flexibility index (Phi) is 6.67. The molecule has 2 N–H and O–H groups in total. The van der Waals surface area contributed by atoms with Crippen molar-refractivity contribution in [3.8, 4) is 5.69 Å². The van der Waals surface area contributed by atoms with Gasteiger partial charge in [0.05, 0.1) is 17.5 Å². The van der Waals surface area contributed by atoms with Gasteiger partial charge in [0.25, 0.3) is 5.91 Å². The Morgan fingerprint density at radius 2 is 1.93 bits per heavy atom. The number of nitrogens with zero attached hydrogens (tertiary/aromatic N) is 2. The van der Waals surface area contributed by atoms with Crippen LogP contribution in [0, 0.1) is 12.7 Å². The number of carbonyl (C=O) groups excluding carboxylic acids is 2. The molecule has 0 radical (unpaired) electrons. The number of hydrogen-bond donors (Lipinski definition) is 2. The monoisotopic (exact) mass is 400 g/mol. The summed E-state index contributed by atoms with van der Waals surface area (Å²) in [6.45, 7) is 4.40. The van der Waals surface area contributed by atoms with E-state index in [0.29, 0.717) is 30.6 Å². The fourth-order valence-corrected chi connectivity index (χ4v) is 3.90. The number of carbonyl (C=O) groups is 2. The lowest BCUT2D eigenvalue weighted by Gasteiger charge is -2.36. The minimum atomic E-state index is -0.893. The van der Waals surface area contributed by atoms with E-state index in [2.05, 4.69) is 22.7 Å². The molecule has 2 aromatic rings. The molecule has 1 fully saturated rings. The normalized spacial score (nSPS) is 15.7. The van der Waals surface area contributed by atoms with Gasteiger partial charge in [-0.15, -0.1) is 0 Å². The molecule has 0 unspecified atom stereocenters. The zero-order valence-corrected chi connectivity index (χ0v) is 17.1. The van der Waals surface area contributed by atoms with Crippen molar-refractivity contribution in [1.29, 1.82) is 0 Å². The van der Waals surface area contributed by atoms with Crippen LogP contribution < -0.4 is 10.6 Å². The summed E-state index contributed by atoms with van der Waals surface area (Å²) in [6.07, 6.45) is 7.43. The van der Waals surface area contributed by atoms with Crippen LogP contribution in [0.25, 0.3) is 5.69 Å². The second-order valence-electron chi connectivity index (χ2n) is 7.71. The Labute approximate surface area is 170 Å². The predicted octanol–water partition coefficient (Wildman–Crippen LogP) is 3.67. The molecule has 0 saturated heterocycles. The molecule has 1 aromatic carbocycles. The Bertz CT molecular complexity index is 871. The van der Waals surface area contributed by atoms with Gasteiger partial charge in [0.15, 0.2) is 0 Å². The number of benzene rings is 1. The summed E-state index contributed by atoms with van der Waals surface area (Å²) in [6, 6.07) is 6.29. The second-order valence-corrected chi connectivity index (χ2v) is 7.71. The van der Waals surface area contributed by atoms with Crippen molar-refractivity contribution in [1.82, 2.24) is 20.4 Å². The SMILES string of the molecule is CCCCNC(=O)C1(NC(=O)c2cnn(-c3ccccc3F)c2C)CCCCC1. The molecule has 6 nitrogen and oxygen atoms in total. The first-order valence-corrected chi connectivity index (χ1v) is 10.4. The molecule has 1 aromatic heterocycles. The molecule has 1 heterocycles. The van der Waals surface area contributed by atoms with Gasteiger partial charge in [0.1, 0.15) is 17.0 Å². The zero-order chi connectivity index (χ0) is 20.9. The van der Waals surface area contributed by atoms with Crippen LogP contribution in [-0.2, 0) is 4.79 Å². The van der Waals surface area contributed by atoms with Gasteiger partial charge < -0.3 is 10.6 Å². The molecule has 1 saturated carbocycles. The maximum atomic E-state index is 14.1. The number of hydrogen-bond acceptors (Lipinski definition) is 3. The summed E-state index contributed by atoms with van der Waals surface area (Å²) in [5, 5.41) is 10.2. The molecule has 3 rings (SSSR count). The first-order valence-electron chi connectivity index (χ1n) is 10.4. The summed E-state index contributed by atoms with van der Waals surface area (Å²) in [5.41, 5.74) is 0.272. The van der Waals surface area contributed by atoms with Gasteiger partial charge in [-0.05, 0) is 38.3 Å². The van der Waals surface area contributed by atoms with E-state index in [0.717, 1.165) is 32.1 Å². The fraction of sp³-hybridized carbons (Fsp3) is 0.500. The number of amides is 2. The zero-order valence-electron chi connectivity index (χ0n) is 17.1. The van der Waals surface area contributed by atoms with Crippen LogP contribution in [-0.4, -0.2) is 33.7 Å². The van der Waals surface area contributed by atoms with Gasteiger partial charge in [-0.25, -0.2) is 9.07 Å². The largest absolute Gasteiger partial charge is 0.354 e. The summed E-state index contributed by atoms with van der Waals surface area (Å²) in [5.74, 6) is -0.875. The summed E-state index contributed by atoms with van der Waals surface area (Å²) >= 11 is 0. The molecule has 7 heteroatoms. The minimum absolute atomic E-state index is 0.113. The second kappa shape index (κ2) is 9.20. The number of nitrogens with one attached hydrogen (secondary N) is 2. The molecule has 1 aliphatic rings. The van der Waals surface area contributed by atoms with Crippen LogP contribution >= 0.6 is 0 Å². The maximum Gasteiger partial charge on any atom is 0.255 e. The van der Waals surface area contributed by atoms with Crippen molar-refractivity contribution in [3.05, 3.63) is 47.5 Å². The van der Waals surface area contributed by atoms with E-state index in [1.807, 2.05) is 0 Å².